The van der Waals surface area contributed by atoms with Crippen molar-refractivity contribution >= 4 is 82.7 Å². The Hall–Kier alpha value is -4.23. The number of benzene rings is 3. The topological polar surface area (TPSA) is 256 Å². The SMILES string of the molecule is CP(=O)(O)CCC(N)C(=O)O.Nc1c([N+](=O)[O-])ccc(Oc2ccccc2)c1Cl.O=C(O)CSc1cc(N=c2sc(=O)n3n2CCCC3)c(F)cc1Cl. The average Bonchev–Trinajstić information content (AvgIpc) is 3.41. The van der Waals surface area contributed by atoms with Crippen LogP contribution in [0.25, 0.3) is 0 Å². The molecule has 53 heavy (non-hydrogen) atoms. The number of carboxylic acids is 2. The van der Waals surface area contributed by atoms with E-state index < -0.39 is 36.1 Å². The summed E-state index contributed by atoms with van der Waals surface area (Å²) < 4.78 is 33.7. The Bertz CT molecular complexity index is 2130. The maximum atomic E-state index is 14.2. The highest BCUT2D eigenvalue weighted by Crippen LogP contribution is 2.39. The van der Waals surface area contributed by atoms with E-state index in [0.29, 0.717) is 28.5 Å². The molecule has 0 bridgehead atoms. The number of fused-ring (bicyclic) bond motifs is 1. The summed E-state index contributed by atoms with van der Waals surface area (Å²) in [6.07, 6.45) is 1.87. The van der Waals surface area contributed by atoms with Crippen molar-refractivity contribution in [3.05, 3.63) is 95.0 Å². The Morgan fingerprint density at radius 2 is 1.79 bits per heavy atom. The molecule has 7 N–H and O–H groups in total. The first kappa shape index (κ1) is 43.2. The number of carboxylic acid groups (broad SMARTS) is 2. The molecular formula is C31H34Cl2FN6O10PS2. The standard InChI is InChI=1S/C14H13ClFN3O3S2.C12H9ClN2O3.C5H12NO4P/c15-8-5-9(16)10(6-11(8)23-7-12(20)21)17-13-18-3-1-2-4-19(18)14(22)24-13;13-11-10(18-8-4-2-1-3-5-8)7-6-9(12(11)14)15(16)17;1-11(9,10)3-2-4(6)5(7)8/h5-6H,1-4,7H2,(H,20,21);1-7H,14H2;4H,2-3,6H2,1H3,(H,7,8)(H,9,10). The van der Waals surface area contributed by atoms with Crippen LogP contribution in [0.15, 0.2) is 69.3 Å². The van der Waals surface area contributed by atoms with Crippen molar-refractivity contribution in [3.63, 3.8) is 0 Å². The first-order chi connectivity index (χ1) is 24.9. The van der Waals surface area contributed by atoms with E-state index in [-0.39, 0.29) is 56.1 Å². The molecule has 0 aliphatic carbocycles. The molecule has 1 aliphatic heterocycles. The summed E-state index contributed by atoms with van der Waals surface area (Å²) in [6, 6.07) is 13.1. The van der Waals surface area contributed by atoms with Crippen LogP contribution in [0.3, 0.4) is 0 Å². The molecule has 0 amide bonds. The number of anilines is 1. The molecule has 1 aliphatic rings. The maximum Gasteiger partial charge on any atom is 0.325 e. The van der Waals surface area contributed by atoms with Crippen molar-refractivity contribution in [3.8, 4) is 11.5 Å². The van der Waals surface area contributed by atoms with Gasteiger partial charge < -0.3 is 31.3 Å². The Balaban J connectivity index is 0.000000231. The van der Waals surface area contributed by atoms with Crippen molar-refractivity contribution in [1.29, 1.82) is 0 Å². The van der Waals surface area contributed by atoms with E-state index in [1.165, 1.54) is 24.9 Å². The van der Waals surface area contributed by atoms with Gasteiger partial charge in [0.1, 0.15) is 39.8 Å². The molecule has 286 valence electrons. The molecule has 16 nitrogen and oxygen atoms in total. The number of hydrogen-bond donors (Lipinski definition) is 5. The molecule has 0 radical (unpaired) electrons. The number of aromatic nitrogens is 2. The van der Waals surface area contributed by atoms with Crippen LogP contribution in [-0.2, 0) is 27.2 Å². The van der Waals surface area contributed by atoms with Gasteiger partial charge in [-0.2, -0.15) is 0 Å². The number of thioether (sulfide) groups is 1. The molecule has 2 atom stereocenters. The molecule has 1 aromatic heterocycles. The van der Waals surface area contributed by atoms with Gasteiger partial charge in [0.15, 0.2) is 7.37 Å². The largest absolute Gasteiger partial charge is 0.481 e. The van der Waals surface area contributed by atoms with Crippen molar-refractivity contribution in [2.75, 3.05) is 24.3 Å². The second-order valence-electron chi connectivity index (χ2n) is 11.1. The van der Waals surface area contributed by atoms with Crippen molar-refractivity contribution < 1.29 is 43.3 Å². The predicted molar refractivity (Wildman–Crippen MR) is 201 cm³/mol. The minimum absolute atomic E-state index is 0.0352. The van der Waals surface area contributed by atoms with Crippen LogP contribution >= 0.6 is 53.7 Å². The number of nitrogen functional groups attached to an aromatic ring is 1. The molecule has 22 heteroatoms. The lowest BCUT2D eigenvalue weighted by atomic mass is 10.2. The summed E-state index contributed by atoms with van der Waals surface area (Å²) in [5.74, 6) is -2.07. The number of carbonyl (C=O) groups is 2. The summed E-state index contributed by atoms with van der Waals surface area (Å²) in [5, 5.41) is 27.9. The lowest BCUT2D eigenvalue weighted by Crippen LogP contribution is -2.31. The molecule has 0 fully saturated rings. The number of nitrogens with two attached hydrogens (primary N) is 2. The molecular weight excluding hydrogens is 801 g/mol. The number of nitro benzene ring substituents is 1. The van der Waals surface area contributed by atoms with Gasteiger partial charge in [0.2, 0.25) is 4.80 Å². The molecule has 2 unspecified atom stereocenters. The van der Waals surface area contributed by atoms with Crippen LogP contribution in [0, 0.1) is 15.9 Å². The van der Waals surface area contributed by atoms with E-state index in [2.05, 4.69) is 4.99 Å². The highest BCUT2D eigenvalue weighted by molar-refractivity contribution is 8.00. The summed E-state index contributed by atoms with van der Waals surface area (Å²) in [5.41, 5.74) is 10.4. The minimum atomic E-state index is -3.10. The van der Waals surface area contributed by atoms with Gasteiger partial charge >= 0.3 is 16.8 Å². The van der Waals surface area contributed by atoms with Crippen LogP contribution in [0.1, 0.15) is 19.3 Å². The maximum absolute atomic E-state index is 14.2. The number of rotatable bonds is 11. The fraction of sp³-hybridized carbons (Fsp3) is 0.290. The zero-order valence-corrected chi connectivity index (χ0v) is 31.8. The zero-order chi connectivity index (χ0) is 39.5. The van der Waals surface area contributed by atoms with Crippen molar-refractivity contribution in [2.24, 2.45) is 10.7 Å². The van der Waals surface area contributed by atoms with Crippen LogP contribution in [-0.4, -0.2) is 66.0 Å². The molecule has 0 saturated heterocycles. The lowest BCUT2D eigenvalue weighted by molar-refractivity contribution is -0.383. The van der Waals surface area contributed by atoms with E-state index in [1.807, 2.05) is 6.07 Å². The normalized spacial score (nSPS) is 14.0. The van der Waals surface area contributed by atoms with Gasteiger partial charge in [-0.1, -0.05) is 41.4 Å². The van der Waals surface area contributed by atoms with Crippen LogP contribution < -0.4 is 25.9 Å². The first-order valence-electron chi connectivity index (χ1n) is 15.3. The molecule has 0 saturated carbocycles. The number of para-hydroxylation sites is 1. The number of halogens is 3. The number of aliphatic carboxylic acids is 2. The molecule has 5 rings (SSSR count). The predicted octanol–water partition coefficient (Wildman–Crippen LogP) is 6.02. The number of nitrogens with zero attached hydrogens (tertiary/aromatic N) is 4. The van der Waals surface area contributed by atoms with Gasteiger partial charge in [0.05, 0.1) is 15.7 Å². The van der Waals surface area contributed by atoms with Gasteiger partial charge in [0, 0.05) is 36.9 Å². The first-order valence-corrected chi connectivity index (χ1v) is 20.1. The molecule has 2 heterocycles. The number of ether oxygens (including phenoxy) is 1. The second-order valence-corrected chi connectivity index (χ2v) is 16.4. The highest BCUT2D eigenvalue weighted by atomic mass is 35.5. The van der Waals surface area contributed by atoms with E-state index in [0.717, 1.165) is 42.0 Å². The monoisotopic (exact) mass is 834 g/mol. The second kappa shape index (κ2) is 19.7. The minimum Gasteiger partial charge on any atom is -0.481 e. The van der Waals surface area contributed by atoms with Crippen molar-refractivity contribution in [2.45, 2.75) is 43.3 Å². The smallest absolute Gasteiger partial charge is 0.325 e. The van der Waals surface area contributed by atoms with Crippen LogP contribution in [0.4, 0.5) is 21.5 Å². The Morgan fingerprint density at radius 3 is 2.38 bits per heavy atom. The van der Waals surface area contributed by atoms with E-state index >= 15 is 0 Å². The lowest BCUT2D eigenvalue weighted by Gasteiger charge is -2.15. The third kappa shape index (κ3) is 13.3. The van der Waals surface area contributed by atoms with Gasteiger partial charge in [-0.25, -0.2) is 14.1 Å². The fourth-order valence-electron chi connectivity index (χ4n) is 4.29. The van der Waals surface area contributed by atoms with E-state index in [1.54, 1.807) is 33.6 Å². The van der Waals surface area contributed by atoms with Gasteiger partial charge in [0.25, 0.3) is 5.69 Å². The Labute approximate surface area is 319 Å². The van der Waals surface area contributed by atoms with Crippen molar-refractivity contribution in [1.82, 2.24) is 9.36 Å². The summed E-state index contributed by atoms with van der Waals surface area (Å²) >= 11 is 13.9. The van der Waals surface area contributed by atoms with Gasteiger partial charge in [-0.3, -0.25) is 33.7 Å². The number of nitro groups is 1. The van der Waals surface area contributed by atoms with Gasteiger partial charge in [-0.05, 0) is 60.9 Å². The Kier molecular flexibility index (Phi) is 16.1. The van der Waals surface area contributed by atoms with Gasteiger partial charge in [-0.15, -0.1) is 11.8 Å². The summed E-state index contributed by atoms with van der Waals surface area (Å²) in [7, 11) is -3.10. The molecule has 3 aromatic carbocycles. The van der Waals surface area contributed by atoms with E-state index in [9.17, 15) is 33.5 Å². The van der Waals surface area contributed by atoms with Crippen LogP contribution in [0.2, 0.25) is 10.0 Å². The highest BCUT2D eigenvalue weighted by Gasteiger charge is 2.19. The van der Waals surface area contributed by atoms with Crippen LogP contribution in [0.5, 0.6) is 11.5 Å². The zero-order valence-electron chi connectivity index (χ0n) is 27.8. The quantitative estimate of drug-likeness (QED) is 0.0381. The summed E-state index contributed by atoms with van der Waals surface area (Å²) in [4.78, 5) is 56.6. The third-order valence-corrected chi connectivity index (χ3v) is 10.7. The molecule has 4 aromatic rings. The van der Waals surface area contributed by atoms with E-state index in [4.69, 9.17) is 54.5 Å². The number of hydrogen-bond acceptors (Lipinski definition) is 12. The molecule has 0 spiro atoms. The fourth-order valence-corrected chi connectivity index (χ4v) is 7.12. The Morgan fingerprint density at radius 1 is 1.15 bits per heavy atom. The average molecular weight is 836 g/mol. The summed E-state index contributed by atoms with van der Waals surface area (Å²) in [6.45, 7) is 2.47. The third-order valence-electron chi connectivity index (χ3n) is 6.92.